The molecule has 0 bridgehead atoms. The zero-order chi connectivity index (χ0) is 15.6. The lowest BCUT2D eigenvalue weighted by atomic mass is 9.20. The van der Waals surface area contributed by atoms with E-state index >= 15 is 0 Å². The zero-order valence-corrected chi connectivity index (χ0v) is 14.6. The van der Waals surface area contributed by atoms with Crippen LogP contribution in [0.4, 0.5) is 0 Å². The molecular weight excluding hydrogens is 284 g/mol. The van der Waals surface area contributed by atoms with E-state index in [0.29, 0.717) is 6.42 Å². The summed E-state index contributed by atoms with van der Waals surface area (Å²) in [5.41, 5.74) is 0. The van der Waals surface area contributed by atoms with Crippen LogP contribution in [0.25, 0.3) is 0 Å². The number of carbonyl (C=O) groups is 1. The number of hydrogen-bond acceptors (Lipinski definition) is 2. The fourth-order valence-corrected chi connectivity index (χ4v) is 7.77. The van der Waals surface area contributed by atoms with Crippen LogP contribution in [-0.4, -0.2) is 13.1 Å². The summed E-state index contributed by atoms with van der Waals surface area (Å²) in [5, 5.41) is 0. The molecule has 9 atom stereocenters. The molecule has 0 aliphatic heterocycles. The second kappa shape index (κ2) is 5.49. The highest BCUT2D eigenvalue weighted by Gasteiger charge is 2.79. The SMILES string of the molecule is COC(=O)CCCCCCC[C@H]1C[C@@H]2[C@@H]3C([C@@H]4C3[C@H]3CC[C@@H]43)[C@H]12. The third-order valence-corrected chi connectivity index (χ3v) is 8.89. The lowest BCUT2D eigenvalue weighted by Crippen LogP contribution is -2.80. The second-order valence-corrected chi connectivity index (χ2v) is 9.33. The molecule has 0 aromatic heterocycles. The Morgan fingerprint density at radius 2 is 1.48 bits per heavy atom. The van der Waals surface area contributed by atoms with Crippen molar-refractivity contribution in [1.29, 1.82) is 0 Å². The molecule has 2 heteroatoms. The number of carbonyl (C=O) groups excluding carboxylic acids is 1. The van der Waals surface area contributed by atoms with Gasteiger partial charge in [-0.25, -0.2) is 0 Å². The van der Waals surface area contributed by atoms with Gasteiger partial charge in [0.1, 0.15) is 0 Å². The Labute approximate surface area is 140 Å². The highest BCUT2D eigenvalue weighted by atomic mass is 16.5. The van der Waals surface area contributed by atoms with Crippen LogP contribution in [-0.2, 0) is 9.53 Å². The van der Waals surface area contributed by atoms with Crippen molar-refractivity contribution in [1.82, 2.24) is 0 Å². The van der Waals surface area contributed by atoms with Crippen LogP contribution in [0.3, 0.4) is 0 Å². The maximum atomic E-state index is 11.1. The van der Waals surface area contributed by atoms with Crippen LogP contribution in [0.5, 0.6) is 0 Å². The number of esters is 1. The monoisotopic (exact) mass is 316 g/mol. The lowest BCUT2D eigenvalue weighted by Gasteiger charge is -2.85. The molecule has 128 valence electrons. The summed E-state index contributed by atoms with van der Waals surface area (Å²) < 4.78 is 4.68. The molecule has 5 rings (SSSR count). The van der Waals surface area contributed by atoms with Crippen LogP contribution in [0.15, 0.2) is 0 Å². The first-order chi connectivity index (χ1) is 11.3. The number of fused-ring (bicyclic) bond motifs is 10. The summed E-state index contributed by atoms with van der Waals surface area (Å²) >= 11 is 0. The van der Waals surface area contributed by atoms with E-state index in [4.69, 9.17) is 0 Å². The Morgan fingerprint density at radius 3 is 2.22 bits per heavy atom. The highest BCUT2D eigenvalue weighted by Crippen LogP contribution is 2.84. The molecule has 0 saturated heterocycles. The van der Waals surface area contributed by atoms with E-state index in [2.05, 4.69) is 4.74 Å². The van der Waals surface area contributed by atoms with Gasteiger partial charge in [-0.2, -0.15) is 0 Å². The average Bonchev–Trinajstić information content (AvgIpc) is 2.51. The first-order valence-electron chi connectivity index (χ1n) is 10.4. The van der Waals surface area contributed by atoms with Gasteiger partial charge in [0, 0.05) is 6.42 Å². The van der Waals surface area contributed by atoms with Gasteiger partial charge in [-0.1, -0.05) is 32.1 Å². The van der Waals surface area contributed by atoms with Gasteiger partial charge in [-0.05, 0) is 78.9 Å². The largest absolute Gasteiger partial charge is 0.469 e. The average molecular weight is 316 g/mol. The van der Waals surface area contributed by atoms with Gasteiger partial charge in [0.05, 0.1) is 7.11 Å². The normalized spacial score (nSPS) is 50.4. The number of rotatable bonds is 8. The van der Waals surface area contributed by atoms with Crippen LogP contribution in [0.2, 0.25) is 0 Å². The Hall–Kier alpha value is -0.530. The van der Waals surface area contributed by atoms with Gasteiger partial charge in [0.15, 0.2) is 0 Å². The zero-order valence-electron chi connectivity index (χ0n) is 14.6. The van der Waals surface area contributed by atoms with Gasteiger partial charge in [0.25, 0.3) is 0 Å². The topological polar surface area (TPSA) is 26.3 Å². The van der Waals surface area contributed by atoms with Gasteiger partial charge in [0.2, 0.25) is 0 Å². The Bertz CT molecular complexity index is 480. The van der Waals surface area contributed by atoms with Crippen molar-refractivity contribution in [3.63, 3.8) is 0 Å². The molecule has 0 amide bonds. The smallest absolute Gasteiger partial charge is 0.305 e. The fourth-order valence-electron chi connectivity index (χ4n) is 7.77. The summed E-state index contributed by atoms with van der Waals surface area (Å²) in [5.74, 6) is 10.7. The van der Waals surface area contributed by atoms with Gasteiger partial charge in [-0.15, -0.1) is 0 Å². The van der Waals surface area contributed by atoms with E-state index in [1.165, 1.54) is 86.6 Å². The van der Waals surface area contributed by atoms with Crippen LogP contribution in [0, 0.1) is 53.3 Å². The lowest BCUT2D eigenvalue weighted by molar-refractivity contribution is -0.375. The minimum atomic E-state index is -0.0476. The fraction of sp³-hybridized carbons (Fsp3) is 0.952. The van der Waals surface area contributed by atoms with Crippen LogP contribution < -0.4 is 0 Å². The third kappa shape index (κ3) is 1.96. The van der Waals surface area contributed by atoms with Crippen molar-refractivity contribution < 1.29 is 9.53 Å². The maximum Gasteiger partial charge on any atom is 0.305 e. The van der Waals surface area contributed by atoms with Gasteiger partial charge in [-0.3, -0.25) is 4.79 Å². The molecular formula is C21H32O2. The van der Waals surface area contributed by atoms with E-state index in [-0.39, 0.29) is 5.97 Å². The molecule has 0 radical (unpaired) electrons. The maximum absolute atomic E-state index is 11.1. The minimum Gasteiger partial charge on any atom is -0.469 e. The predicted molar refractivity (Wildman–Crippen MR) is 89.6 cm³/mol. The second-order valence-electron chi connectivity index (χ2n) is 9.33. The standard InChI is InChI=1S/C21H32O2/c1-23-16(22)8-6-4-2-3-5-7-12-11-15-17(12)21-19-14-10-9-13(14)18(19)20(15)21/h12-15,17-21H,2-11H2,1H3/t12-,13-,14+,15-,17+,18?,19-,20-,21?/m0/s1. The molecule has 0 aromatic rings. The molecule has 0 aromatic carbocycles. The number of ether oxygens (including phenoxy) is 1. The first-order valence-corrected chi connectivity index (χ1v) is 10.4. The number of methoxy groups -OCH3 is 1. The van der Waals surface area contributed by atoms with Crippen molar-refractivity contribution in [2.45, 2.75) is 64.2 Å². The Kier molecular flexibility index (Phi) is 3.53. The van der Waals surface area contributed by atoms with Gasteiger partial charge >= 0.3 is 5.97 Å². The minimum absolute atomic E-state index is 0.0476. The molecule has 0 spiro atoms. The molecule has 0 heterocycles. The predicted octanol–water partition coefficient (Wildman–Crippen LogP) is 4.67. The molecule has 2 unspecified atom stereocenters. The summed E-state index contributed by atoms with van der Waals surface area (Å²) in [6, 6.07) is 0. The molecule has 5 aliphatic carbocycles. The van der Waals surface area contributed by atoms with E-state index in [1.807, 2.05) is 0 Å². The van der Waals surface area contributed by atoms with Crippen molar-refractivity contribution in [3.8, 4) is 0 Å². The molecule has 23 heavy (non-hydrogen) atoms. The van der Waals surface area contributed by atoms with E-state index < -0.39 is 0 Å². The number of hydrogen-bond donors (Lipinski definition) is 0. The summed E-state index contributed by atoms with van der Waals surface area (Å²) in [6.45, 7) is 0. The van der Waals surface area contributed by atoms with E-state index in [0.717, 1.165) is 12.3 Å². The van der Waals surface area contributed by atoms with Crippen LogP contribution in [0.1, 0.15) is 64.2 Å². The molecule has 5 fully saturated rings. The molecule has 0 N–H and O–H groups in total. The van der Waals surface area contributed by atoms with Crippen molar-refractivity contribution in [3.05, 3.63) is 0 Å². The first kappa shape index (κ1) is 14.8. The quantitative estimate of drug-likeness (QED) is 0.369. The summed E-state index contributed by atoms with van der Waals surface area (Å²) in [6.07, 6.45) is 13.2. The summed E-state index contributed by atoms with van der Waals surface area (Å²) in [7, 11) is 1.48. The molecule has 2 nitrogen and oxygen atoms in total. The van der Waals surface area contributed by atoms with Crippen molar-refractivity contribution >= 4 is 5.97 Å². The van der Waals surface area contributed by atoms with Crippen LogP contribution >= 0.6 is 0 Å². The summed E-state index contributed by atoms with van der Waals surface area (Å²) in [4.78, 5) is 11.1. The molecule has 5 aliphatic rings. The van der Waals surface area contributed by atoms with Gasteiger partial charge < -0.3 is 4.74 Å². The number of unbranched alkanes of at least 4 members (excludes halogenated alkanes) is 4. The van der Waals surface area contributed by atoms with E-state index in [9.17, 15) is 4.79 Å². The van der Waals surface area contributed by atoms with Crippen molar-refractivity contribution in [2.75, 3.05) is 7.11 Å². The Morgan fingerprint density at radius 1 is 0.826 bits per heavy atom. The van der Waals surface area contributed by atoms with Crippen molar-refractivity contribution in [2.24, 2.45) is 53.3 Å². The highest BCUT2D eigenvalue weighted by molar-refractivity contribution is 5.68. The van der Waals surface area contributed by atoms with E-state index in [1.54, 1.807) is 19.3 Å². The third-order valence-electron chi connectivity index (χ3n) is 8.89. The molecule has 5 saturated carbocycles. The Balaban J connectivity index is 0.969.